The van der Waals surface area contributed by atoms with Crippen LogP contribution in [-0.4, -0.2) is 35.5 Å². The second-order valence-electron chi connectivity index (χ2n) is 5.04. The molecule has 1 aliphatic carbocycles. The summed E-state index contributed by atoms with van der Waals surface area (Å²) in [7, 11) is 0. The Bertz CT molecular complexity index is 629. The number of nitrogens with one attached hydrogen (secondary N) is 2. The van der Waals surface area contributed by atoms with Gasteiger partial charge in [0.15, 0.2) is 0 Å². The van der Waals surface area contributed by atoms with Crippen molar-refractivity contribution < 1.29 is 14.4 Å². The van der Waals surface area contributed by atoms with Gasteiger partial charge in [-0.25, -0.2) is 14.5 Å². The van der Waals surface area contributed by atoms with Crippen LogP contribution in [-0.2, 0) is 4.79 Å². The summed E-state index contributed by atoms with van der Waals surface area (Å²) in [6, 6.07) is 3.89. The van der Waals surface area contributed by atoms with E-state index in [1.54, 1.807) is 18.2 Å². The first-order valence-electron chi connectivity index (χ1n) is 6.32. The van der Waals surface area contributed by atoms with Gasteiger partial charge in [-0.15, -0.1) is 0 Å². The fourth-order valence-corrected chi connectivity index (χ4v) is 2.90. The summed E-state index contributed by atoms with van der Waals surface area (Å²) in [5, 5.41) is 5.86. The zero-order chi connectivity index (χ0) is 15.1. The minimum Gasteiger partial charge on any atom is -0.334 e. The van der Waals surface area contributed by atoms with Gasteiger partial charge in [0.05, 0.1) is 0 Å². The molecule has 1 aliphatic heterocycles. The van der Waals surface area contributed by atoms with Gasteiger partial charge < -0.3 is 5.32 Å². The molecule has 8 heteroatoms. The Morgan fingerprint density at radius 3 is 2.48 bits per heavy atom. The van der Waals surface area contributed by atoms with Crippen molar-refractivity contribution in [2.45, 2.75) is 18.4 Å². The maximum absolute atomic E-state index is 11.9. The maximum Gasteiger partial charge on any atom is 0.332 e. The Balaban J connectivity index is 1.62. The monoisotopic (exact) mass is 327 g/mol. The predicted octanol–water partition coefficient (Wildman–Crippen LogP) is 2.11. The molecule has 110 valence electrons. The Kier molecular flexibility index (Phi) is 3.51. The second kappa shape index (κ2) is 5.20. The number of hydrogen-bond donors (Lipinski definition) is 2. The van der Waals surface area contributed by atoms with Crippen molar-refractivity contribution >= 4 is 41.2 Å². The summed E-state index contributed by atoms with van der Waals surface area (Å²) in [5.74, 6) is -0.365. The van der Waals surface area contributed by atoms with Crippen molar-refractivity contribution in [1.29, 1.82) is 0 Å². The van der Waals surface area contributed by atoms with Crippen molar-refractivity contribution in [3.8, 4) is 0 Å². The highest BCUT2D eigenvalue weighted by Crippen LogP contribution is 2.42. The zero-order valence-electron chi connectivity index (χ0n) is 10.7. The first-order valence-corrected chi connectivity index (χ1v) is 7.07. The van der Waals surface area contributed by atoms with E-state index < -0.39 is 18.0 Å². The molecule has 2 aliphatic rings. The van der Waals surface area contributed by atoms with Crippen LogP contribution in [0.4, 0.5) is 9.59 Å². The lowest BCUT2D eigenvalue weighted by Crippen LogP contribution is -2.43. The predicted molar refractivity (Wildman–Crippen MR) is 76.4 cm³/mol. The molecule has 1 saturated carbocycles. The number of benzene rings is 1. The van der Waals surface area contributed by atoms with Gasteiger partial charge in [-0.3, -0.25) is 10.1 Å². The lowest BCUT2D eigenvalue weighted by Gasteiger charge is -2.12. The van der Waals surface area contributed by atoms with E-state index in [0.717, 1.165) is 16.9 Å². The van der Waals surface area contributed by atoms with Crippen molar-refractivity contribution in [3.05, 3.63) is 33.8 Å². The number of carbonyl (C=O) groups is 3. The standard InChI is InChI=1S/C13H11Cl2N3O3/c14-7-1-6(2-8(15)3-7)9-4-10(9)16-12(20)18-5-11(19)17-13(18)21/h1-3,9-10H,4-5H2,(H,16,20)(H,17,19,21). The lowest BCUT2D eigenvalue weighted by atomic mass is 10.1. The Labute approximate surface area is 130 Å². The summed E-state index contributed by atoms with van der Waals surface area (Å²) in [6.07, 6.45) is 0.742. The van der Waals surface area contributed by atoms with E-state index >= 15 is 0 Å². The Hall–Kier alpha value is -1.79. The second-order valence-corrected chi connectivity index (χ2v) is 5.91. The molecule has 2 atom stereocenters. The largest absolute Gasteiger partial charge is 0.334 e. The van der Waals surface area contributed by atoms with E-state index in [2.05, 4.69) is 10.6 Å². The molecule has 0 spiro atoms. The molecule has 3 rings (SSSR count). The molecule has 1 aromatic carbocycles. The van der Waals surface area contributed by atoms with Crippen LogP contribution in [0.15, 0.2) is 18.2 Å². The first-order chi connectivity index (χ1) is 9.94. The molecule has 1 saturated heterocycles. The quantitative estimate of drug-likeness (QED) is 0.816. The van der Waals surface area contributed by atoms with Gasteiger partial charge in [0.1, 0.15) is 6.54 Å². The molecule has 5 amide bonds. The van der Waals surface area contributed by atoms with E-state index in [9.17, 15) is 14.4 Å². The fourth-order valence-electron chi connectivity index (χ4n) is 2.35. The van der Waals surface area contributed by atoms with Gasteiger partial charge in [0.2, 0.25) is 5.91 Å². The molecule has 1 aromatic rings. The number of halogens is 2. The van der Waals surface area contributed by atoms with Gasteiger partial charge in [-0.05, 0) is 30.2 Å². The number of carbonyl (C=O) groups excluding carboxylic acids is 3. The SMILES string of the molecule is O=C1CN(C(=O)NC2CC2c2cc(Cl)cc(Cl)c2)C(=O)N1. The van der Waals surface area contributed by atoms with Crippen molar-refractivity contribution in [3.63, 3.8) is 0 Å². The third kappa shape index (κ3) is 2.96. The third-order valence-electron chi connectivity index (χ3n) is 3.45. The number of nitrogens with zero attached hydrogens (tertiary/aromatic N) is 1. The molecular formula is C13H11Cl2N3O3. The molecule has 0 bridgehead atoms. The van der Waals surface area contributed by atoms with Gasteiger partial charge in [0, 0.05) is 22.0 Å². The van der Waals surface area contributed by atoms with Crippen LogP contribution >= 0.6 is 23.2 Å². The minimum atomic E-state index is -0.694. The molecule has 0 aromatic heterocycles. The highest BCUT2D eigenvalue weighted by atomic mass is 35.5. The fraction of sp³-hybridized carbons (Fsp3) is 0.308. The molecule has 2 unspecified atom stereocenters. The number of urea groups is 2. The summed E-state index contributed by atoms with van der Waals surface area (Å²) in [6.45, 7) is -0.245. The summed E-state index contributed by atoms with van der Waals surface area (Å²) >= 11 is 11.9. The van der Waals surface area contributed by atoms with Gasteiger partial charge in [-0.1, -0.05) is 23.2 Å². The molecule has 21 heavy (non-hydrogen) atoms. The van der Waals surface area contributed by atoms with E-state index in [4.69, 9.17) is 23.2 Å². The van der Waals surface area contributed by atoms with Gasteiger partial charge in [0.25, 0.3) is 0 Å². The average Bonchev–Trinajstić information content (AvgIpc) is 3.05. The minimum absolute atomic E-state index is 0.0875. The molecular weight excluding hydrogens is 317 g/mol. The molecule has 1 heterocycles. The van der Waals surface area contributed by atoms with Crippen LogP contribution in [0.3, 0.4) is 0 Å². The zero-order valence-corrected chi connectivity index (χ0v) is 12.2. The smallest absolute Gasteiger partial charge is 0.332 e. The highest BCUT2D eigenvalue weighted by Gasteiger charge is 2.42. The molecule has 6 nitrogen and oxygen atoms in total. The third-order valence-corrected chi connectivity index (χ3v) is 3.89. The van der Waals surface area contributed by atoms with E-state index in [1.165, 1.54) is 0 Å². The topological polar surface area (TPSA) is 78.5 Å². The summed E-state index contributed by atoms with van der Waals surface area (Å²) in [5.41, 5.74) is 0.944. The van der Waals surface area contributed by atoms with Crippen molar-refractivity contribution in [2.24, 2.45) is 0 Å². The Morgan fingerprint density at radius 2 is 1.90 bits per heavy atom. The lowest BCUT2D eigenvalue weighted by molar-refractivity contribution is -0.118. The van der Waals surface area contributed by atoms with Gasteiger partial charge >= 0.3 is 12.1 Å². The van der Waals surface area contributed by atoms with Crippen LogP contribution in [0.25, 0.3) is 0 Å². The summed E-state index contributed by atoms with van der Waals surface area (Å²) < 4.78 is 0. The van der Waals surface area contributed by atoms with Crippen LogP contribution in [0.5, 0.6) is 0 Å². The number of imide groups is 2. The maximum atomic E-state index is 11.9. The van der Waals surface area contributed by atoms with Crippen LogP contribution in [0.1, 0.15) is 17.9 Å². The molecule has 2 N–H and O–H groups in total. The van der Waals surface area contributed by atoms with Crippen LogP contribution in [0.2, 0.25) is 10.0 Å². The summed E-state index contributed by atoms with van der Waals surface area (Å²) in [4.78, 5) is 35.2. The Morgan fingerprint density at radius 1 is 1.24 bits per heavy atom. The number of hydrogen-bond acceptors (Lipinski definition) is 3. The van der Waals surface area contributed by atoms with Crippen molar-refractivity contribution in [2.75, 3.05) is 6.54 Å². The van der Waals surface area contributed by atoms with Crippen LogP contribution in [0, 0.1) is 0 Å². The van der Waals surface area contributed by atoms with Crippen LogP contribution < -0.4 is 10.6 Å². The van der Waals surface area contributed by atoms with E-state index in [0.29, 0.717) is 10.0 Å². The van der Waals surface area contributed by atoms with E-state index in [-0.39, 0.29) is 18.5 Å². The number of rotatable bonds is 2. The first kappa shape index (κ1) is 14.2. The van der Waals surface area contributed by atoms with E-state index in [1.807, 2.05) is 0 Å². The normalized spacial score (nSPS) is 24.0. The average molecular weight is 328 g/mol. The number of amides is 5. The van der Waals surface area contributed by atoms with Gasteiger partial charge in [-0.2, -0.15) is 0 Å². The van der Waals surface area contributed by atoms with Crippen molar-refractivity contribution in [1.82, 2.24) is 15.5 Å². The molecule has 2 fully saturated rings. The highest BCUT2D eigenvalue weighted by molar-refractivity contribution is 6.34. The molecule has 0 radical (unpaired) electrons.